The summed E-state index contributed by atoms with van der Waals surface area (Å²) in [5.74, 6) is 0.692. The lowest BCUT2D eigenvalue weighted by Crippen LogP contribution is -2.05. The number of nitrogens with zero attached hydrogens (tertiary/aromatic N) is 1. The van der Waals surface area contributed by atoms with Crippen LogP contribution in [0.3, 0.4) is 0 Å². The van der Waals surface area contributed by atoms with Crippen molar-refractivity contribution >= 4 is 17.9 Å². The lowest BCUT2D eigenvalue weighted by atomic mass is 10.2. The van der Waals surface area contributed by atoms with E-state index in [2.05, 4.69) is 4.99 Å². The molecule has 0 amide bonds. The van der Waals surface area contributed by atoms with E-state index < -0.39 is 5.97 Å². The molecule has 116 valence electrons. The predicted molar refractivity (Wildman–Crippen MR) is 89.3 cm³/mol. The van der Waals surface area contributed by atoms with Crippen LogP contribution in [-0.2, 0) is 9.53 Å². The van der Waals surface area contributed by atoms with Gasteiger partial charge in [0.05, 0.1) is 6.10 Å². The first-order valence-electron chi connectivity index (χ1n) is 7.46. The Morgan fingerprint density at radius 1 is 1.04 bits per heavy atom. The maximum Gasteiger partial charge on any atom is 0.363 e. The fourth-order valence-corrected chi connectivity index (χ4v) is 2.19. The fourth-order valence-electron chi connectivity index (χ4n) is 2.19. The van der Waals surface area contributed by atoms with E-state index in [0.717, 1.165) is 16.9 Å². The van der Waals surface area contributed by atoms with Gasteiger partial charge >= 0.3 is 5.97 Å². The molecule has 0 aromatic heterocycles. The van der Waals surface area contributed by atoms with E-state index in [0.29, 0.717) is 11.6 Å². The molecular formula is C19H17NO3. The molecule has 2 aromatic rings. The van der Waals surface area contributed by atoms with Gasteiger partial charge in [0.15, 0.2) is 5.70 Å². The van der Waals surface area contributed by atoms with Crippen molar-refractivity contribution in [1.82, 2.24) is 0 Å². The van der Waals surface area contributed by atoms with Crippen LogP contribution in [0.4, 0.5) is 0 Å². The summed E-state index contributed by atoms with van der Waals surface area (Å²) in [6, 6.07) is 16.9. The Kier molecular flexibility index (Phi) is 4.24. The Hall–Kier alpha value is -2.88. The number of benzene rings is 2. The number of aliphatic imine (C=N–C) groups is 1. The van der Waals surface area contributed by atoms with Crippen molar-refractivity contribution in [3.8, 4) is 5.75 Å². The average Bonchev–Trinajstić information content (AvgIpc) is 2.91. The Morgan fingerprint density at radius 2 is 1.74 bits per heavy atom. The molecule has 0 radical (unpaired) electrons. The van der Waals surface area contributed by atoms with Crippen LogP contribution in [-0.4, -0.2) is 18.0 Å². The normalized spacial score (nSPS) is 15.7. The highest BCUT2D eigenvalue weighted by Crippen LogP contribution is 2.20. The number of hydrogen-bond donors (Lipinski definition) is 0. The Labute approximate surface area is 135 Å². The monoisotopic (exact) mass is 307 g/mol. The smallest absolute Gasteiger partial charge is 0.363 e. The maximum atomic E-state index is 11.9. The maximum absolute atomic E-state index is 11.9. The third-order valence-electron chi connectivity index (χ3n) is 3.20. The number of carbonyl (C=O) groups excluding carboxylic acids is 1. The summed E-state index contributed by atoms with van der Waals surface area (Å²) in [5.41, 5.74) is 1.94. The van der Waals surface area contributed by atoms with E-state index in [1.54, 1.807) is 6.08 Å². The molecule has 0 saturated heterocycles. The van der Waals surface area contributed by atoms with Gasteiger partial charge in [-0.1, -0.05) is 30.3 Å². The van der Waals surface area contributed by atoms with E-state index in [9.17, 15) is 4.79 Å². The summed E-state index contributed by atoms with van der Waals surface area (Å²) in [4.78, 5) is 16.2. The van der Waals surface area contributed by atoms with Crippen molar-refractivity contribution in [3.05, 3.63) is 71.4 Å². The minimum atomic E-state index is -0.439. The molecule has 1 heterocycles. The Bertz CT molecular complexity index is 759. The van der Waals surface area contributed by atoms with Gasteiger partial charge in [0, 0.05) is 5.56 Å². The molecular weight excluding hydrogens is 290 g/mol. The lowest BCUT2D eigenvalue weighted by molar-refractivity contribution is -0.129. The third kappa shape index (κ3) is 3.66. The summed E-state index contributed by atoms with van der Waals surface area (Å²) in [6.07, 6.45) is 1.83. The quantitative estimate of drug-likeness (QED) is 0.637. The first-order chi connectivity index (χ1) is 11.1. The molecule has 4 nitrogen and oxygen atoms in total. The second-order valence-electron chi connectivity index (χ2n) is 5.44. The Balaban J connectivity index is 1.82. The highest BCUT2D eigenvalue weighted by molar-refractivity contribution is 6.12. The number of cyclic esters (lactones) is 1. The Morgan fingerprint density at radius 3 is 2.39 bits per heavy atom. The summed E-state index contributed by atoms with van der Waals surface area (Å²) >= 11 is 0. The molecule has 0 spiro atoms. The number of esters is 1. The molecule has 0 unspecified atom stereocenters. The van der Waals surface area contributed by atoms with Crippen molar-refractivity contribution in [2.45, 2.75) is 20.0 Å². The van der Waals surface area contributed by atoms with E-state index in [-0.39, 0.29) is 6.10 Å². The molecule has 0 N–H and O–H groups in total. The minimum absolute atomic E-state index is 0.127. The van der Waals surface area contributed by atoms with Crippen LogP contribution in [0.25, 0.3) is 6.08 Å². The molecule has 2 aromatic carbocycles. The van der Waals surface area contributed by atoms with E-state index >= 15 is 0 Å². The lowest BCUT2D eigenvalue weighted by Gasteiger charge is -2.09. The first-order valence-corrected chi connectivity index (χ1v) is 7.46. The number of hydrogen-bond acceptors (Lipinski definition) is 4. The van der Waals surface area contributed by atoms with Gasteiger partial charge in [-0.3, -0.25) is 0 Å². The van der Waals surface area contributed by atoms with Gasteiger partial charge in [-0.2, -0.15) is 0 Å². The van der Waals surface area contributed by atoms with Crippen LogP contribution < -0.4 is 4.74 Å². The van der Waals surface area contributed by atoms with Gasteiger partial charge in [0.2, 0.25) is 5.90 Å². The van der Waals surface area contributed by atoms with Gasteiger partial charge in [-0.25, -0.2) is 9.79 Å². The van der Waals surface area contributed by atoms with Crippen LogP contribution in [0.1, 0.15) is 25.0 Å². The van der Waals surface area contributed by atoms with E-state index in [1.165, 1.54) is 0 Å². The predicted octanol–water partition coefficient (Wildman–Crippen LogP) is 3.82. The molecule has 0 aliphatic carbocycles. The zero-order chi connectivity index (χ0) is 16.2. The second kappa shape index (κ2) is 6.48. The van der Waals surface area contributed by atoms with Crippen LogP contribution in [0.5, 0.6) is 5.75 Å². The van der Waals surface area contributed by atoms with Gasteiger partial charge in [-0.05, 0) is 49.8 Å². The summed E-state index contributed by atoms with van der Waals surface area (Å²) in [6.45, 7) is 3.95. The van der Waals surface area contributed by atoms with Gasteiger partial charge in [-0.15, -0.1) is 0 Å². The largest absolute Gasteiger partial charge is 0.491 e. The zero-order valence-corrected chi connectivity index (χ0v) is 13.0. The molecule has 0 bridgehead atoms. The molecule has 1 aliphatic rings. The fraction of sp³-hybridized carbons (Fsp3) is 0.158. The number of rotatable bonds is 4. The third-order valence-corrected chi connectivity index (χ3v) is 3.20. The van der Waals surface area contributed by atoms with Gasteiger partial charge in [0.25, 0.3) is 0 Å². The highest BCUT2D eigenvalue weighted by Gasteiger charge is 2.23. The van der Waals surface area contributed by atoms with Crippen LogP contribution in [0.15, 0.2) is 65.3 Å². The van der Waals surface area contributed by atoms with Crippen molar-refractivity contribution in [2.24, 2.45) is 4.99 Å². The molecule has 3 rings (SSSR count). The van der Waals surface area contributed by atoms with Crippen molar-refractivity contribution in [2.75, 3.05) is 0 Å². The molecule has 0 fully saturated rings. The van der Waals surface area contributed by atoms with Crippen LogP contribution >= 0.6 is 0 Å². The van der Waals surface area contributed by atoms with E-state index in [4.69, 9.17) is 9.47 Å². The molecule has 0 atom stereocenters. The summed E-state index contributed by atoms with van der Waals surface area (Å²) in [7, 11) is 0. The number of carbonyl (C=O) groups is 1. The van der Waals surface area contributed by atoms with Gasteiger partial charge < -0.3 is 9.47 Å². The average molecular weight is 307 g/mol. The summed E-state index contributed by atoms with van der Waals surface area (Å²) < 4.78 is 10.8. The van der Waals surface area contributed by atoms with E-state index in [1.807, 2.05) is 68.4 Å². The SMILES string of the molecule is CC(C)Oc1ccc(/C=C2\N=C(c3ccccc3)OC2=O)cc1. The zero-order valence-electron chi connectivity index (χ0n) is 13.0. The van der Waals surface area contributed by atoms with Crippen LogP contribution in [0, 0.1) is 0 Å². The standard InChI is InChI=1S/C19H17NO3/c1-13(2)22-16-10-8-14(9-11-16)12-17-19(21)23-18(20-17)15-6-4-3-5-7-15/h3-13H,1-2H3/b17-12-. The number of ether oxygens (including phenoxy) is 2. The van der Waals surface area contributed by atoms with Gasteiger partial charge in [0.1, 0.15) is 5.75 Å². The topological polar surface area (TPSA) is 47.9 Å². The van der Waals surface area contributed by atoms with Crippen LogP contribution in [0.2, 0.25) is 0 Å². The molecule has 1 aliphatic heterocycles. The van der Waals surface area contributed by atoms with Crippen molar-refractivity contribution in [1.29, 1.82) is 0 Å². The summed E-state index contributed by atoms with van der Waals surface area (Å²) in [5, 5.41) is 0. The first kappa shape index (κ1) is 15.0. The van der Waals surface area contributed by atoms with Crippen molar-refractivity contribution in [3.63, 3.8) is 0 Å². The minimum Gasteiger partial charge on any atom is -0.491 e. The van der Waals surface area contributed by atoms with Crippen molar-refractivity contribution < 1.29 is 14.3 Å². The molecule has 0 saturated carbocycles. The highest BCUT2D eigenvalue weighted by atomic mass is 16.6. The molecule has 23 heavy (non-hydrogen) atoms. The molecule has 4 heteroatoms. The second-order valence-corrected chi connectivity index (χ2v) is 5.44.